The van der Waals surface area contributed by atoms with Gasteiger partial charge in [0.15, 0.2) is 0 Å². The molecule has 1 aromatic carbocycles. The van der Waals surface area contributed by atoms with E-state index < -0.39 is 24.3 Å². The molecular weight excluding hydrogens is 407 g/mol. The number of rotatable bonds is 4. The minimum atomic E-state index is -5.25. The number of esters is 1. The van der Waals surface area contributed by atoms with Crippen LogP contribution in [0.2, 0.25) is 0 Å². The largest absolute Gasteiger partial charge is 0.497 e. The summed E-state index contributed by atoms with van der Waals surface area (Å²) >= 11 is 0. The predicted molar refractivity (Wildman–Crippen MR) is 96.7 cm³/mol. The van der Waals surface area contributed by atoms with Crippen molar-refractivity contribution in [1.82, 2.24) is 25.2 Å². The number of carbonyl (C=O) groups excluding carboxylic acids is 2. The van der Waals surface area contributed by atoms with E-state index in [1.165, 1.54) is 0 Å². The second-order valence-electron chi connectivity index (χ2n) is 6.63. The van der Waals surface area contributed by atoms with E-state index >= 15 is 0 Å². The molecule has 162 valence electrons. The SMILES string of the molecule is COc1ccc(Cn2nnc(C3CNCCN3C(=O)OC(=O)C(F)(F)F)c2C)cc1. The minimum absolute atomic E-state index is 0.0550. The first kappa shape index (κ1) is 21.6. The Hall–Kier alpha value is -3.15. The Morgan fingerprint density at radius 2 is 1.97 bits per heavy atom. The summed E-state index contributed by atoms with van der Waals surface area (Å²) in [6, 6.07) is 6.63. The van der Waals surface area contributed by atoms with Crippen LogP contribution in [-0.2, 0) is 16.1 Å². The van der Waals surface area contributed by atoms with Crippen LogP contribution in [-0.4, -0.2) is 64.9 Å². The van der Waals surface area contributed by atoms with Crippen molar-refractivity contribution < 1.29 is 32.2 Å². The van der Waals surface area contributed by atoms with Crippen molar-refractivity contribution in [3.63, 3.8) is 0 Å². The molecule has 0 bridgehead atoms. The number of piperazine rings is 1. The number of nitrogens with zero attached hydrogens (tertiary/aromatic N) is 4. The molecule has 9 nitrogen and oxygen atoms in total. The number of benzene rings is 1. The van der Waals surface area contributed by atoms with Crippen molar-refractivity contribution in [3.8, 4) is 5.75 Å². The maximum Gasteiger partial charge on any atom is 0.491 e. The molecule has 2 aromatic rings. The number of nitrogens with one attached hydrogen (secondary N) is 1. The molecule has 0 saturated carbocycles. The van der Waals surface area contributed by atoms with Crippen LogP contribution in [0.25, 0.3) is 0 Å². The Morgan fingerprint density at radius 1 is 1.27 bits per heavy atom. The Balaban J connectivity index is 1.77. The molecule has 1 saturated heterocycles. The number of ether oxygens (including phenoxy) is 2. The van der Waals surface area contributed by atoms with Crippen LogP contribution >= 0.6 is 0 Å². The molecule has 1 fully saturated rings. The smallest absolute Gasteiger partial charge is 0.491 e. The molecule has 3 rings (SSSR count). The van der Waals surface area contributed by atoms with E-state index in [1.807, 2.05) is 24.3 Å². The molecule has 1 aliphatic rings. The lowest BCUT2D eigenvalue weighted by molar-refractivity contribution is -0.194. The summed E-state index contributed by atoms with van der Waals surface area (Å²) in [5.41, 5.74) is 1.98. The van der Waals surface area contributed by atoms with Crippen LogP contribution in [0.4, 0.5) is 18.0 Å². The highest BCUT2D eigenvalue weighted by atomic mass is 19.4. The molecule has 1 atom stereocenters. The van der Waals surface area contributed by atoms with E-state index in [0.29, 0.717) is 30.2 Å². The van der Waals surface area contributed by atoms with Crippen molar-refractivity contribution in [2.75, 3.05) is 26.7 Å². The fourth-order valence-corrected chi connectivity index (χ4v) is 3.10. The lowest BCUT2D eigenvalue weighted by Crippen LogP contribution is -2.50. The zero-order valence-electron chi connectivity index (χ0n) is 16.3. The summed E-state index contributed by atoms with van der Waals surface area (Å²) in [4.78, 5) is 24.3. The zero-order valence-corrected chi connectivity index (χ0v) is 16.3. The highest BCUT2D eigenvalue weighted by Gasteiger charge is 2.44. The van der Waals surface area contributed by atoms with E-state index in [9.17, 15) is 22.8 Å². The van der Waals surface area contributed by atoms with Crippen LogP contribution < -0.4 is 10.1 Å². The quantitative estimate of drug-likeness (QED) is 0.587. The average molecular weight is 427 g/mol. The molecule has 0 spiro atoms. The Kier molecular flexibility index (Phi) is 6.25. The van der Waals surface area contributed by atoms with Crippen LogP contribution in [0, 0.1) is 6.92 Å². The second-order valence-corrected chi connectivity index (χ2v) is 6.63. The highest BCUT2D eigenvalue weighted by Crippen LogP contribution is 2.26. The number of amides is 1. The highest BCUT2D eigenvalue weighted by molar-refractivity contribution is 5.88. The topological polar surface area (TPSA) is 98.6 Å². The Bertz CT molecular complexity index is 914. The molecule has 1 N–H and O–H groups in total. The van der Waals surface area contributed by atoms with Gasteiger partial charge in [0.2, 0.25) is 0 Å². The maximum absolute atomic E-state index is 12.4. The van der Waals surface area contributed by atoms with Crippen LogP contribution in [0.15, 0.2) is 24.3 Å². The number of hydrogen-bond acceptors (Lipinski definition) is 7. The fourth-order valence-electron chi connectivity index (χ4n) is 3.10. The Morgan fingerprint density at radius 3 is 2.60 bits per heavy atom. The Labute approximate surface area is 169 Å². The van der Waals surface area contributed by atoms with E-state index in [2.05, 4.69) is 20.4 Å². The first-order valence-corrected chi connectivity index (χ1v) is 9.04. The maximum atomic E-state index is 12.4. The van der Waals surface area contributed by atoms with Crippen molar-refractivity contribution in [2.24, 2.45) is 0 Å². The minimum Gasteiger partial charge on any atom is -0.497 e. The summed E-state index contributed by atoms with van der Waals surface area (Å²) in [6.45, 7) is 2.78. The van der Waals surface area contributed by atoms with Crippen LogP contribution in [0.3, 0.4) is 0 Å². The first-order valence-electron chi connectivity index (χ1n) is 9.04. The molecule has 0 radical (unpaired) electrons. The summed E-state index contributed by atoms with van der Waals surface area (Å²) < 4.78 is 48.0. The van der Waals surface area contributed by atoms with E-state index in [-0.39, 0.29) is 13.1 Å². The number of aromatic nitrogens is 3. The van der Waals surface area contributed by atoms with Gasteiger partial charge in [0.05, 0.1) is 25.4 Å². The van der Waals surface area contributed by atoms with Gasteiger partial charge in [-0.25, -0.2) is 14.3 Å². The van der Waals surface area contributed by atoms with E-state index in [4.69, 9.17) is 4.74 Å². The van der Waals surface area contributed by atoms with Gasteiger partial charge < -0.3 is 14.8 Å². The standard InChI is InChI=1S/C18H20F3N5O4/c1-11-15(23-24-26(11)10-12-3-5-13(29-2)6-4-12)14-9-22-7-8-25(14)17(28)30-16(27)18(19,20)21/h3-6,14,22H,7-10H2,1-2H3. The number of halogens is 3. The first-order chi connectivity index (χ1) is 14.2. The third kappa shape index (κ3) is 4.70. The van der Waals surface area contributed by atoms with Crippen LogP contribution in [0.5, 0.6) is 5.75 Å². The number of alkyl halides is 3. The van der Waals surface area contributed by atoms with E-state index in [1.54, 1.807) is 18.7 Å². The van der Waals surface area contributed by atoms with Gasteiger partial charge in [-0.05, 0) is 24.6 Å². The third-order valence-corrected chi connectivity index (χ3v) is 4.71. The van der Waals surface area contributed by atoms with Gasteiger partial charge in [-0.1, -0.05) is 17.3 Å². The summed E-state index contributed by atoms with van der Waals surface area (Å²) in [6.07, 6.45) is -6.62. The van der Waals surface area contributed by atoms with Gasteiger partial charge in [0, 0.05) is 19.6 Å². The normalized spacial score (nSPS) is 17.0. The monoisotopic (exact) mass is 427 g/mol. The molecule has 0 aliphatic carbocycles. The fraction of sp³-hybridized carbons (Fsp3) is 0.444. The molecule has 12 heteroatoms. The van der Waals surface area contributed by atoms with E-state index in [0.717, 1.165) is 10.5 Å². The van der Waals surface area contributed by atoms with Crippen molar-refractivity contribution >= 4 is 12.1 Å². The third-order valence-electron chi connectivity index (χ3n) is 4.71. The molecule has 2 heterocycles. The molecular formula is C18H20F3N5O4. The lowest BCUT2D eigenvalue weighted by Gasteiger charge is -2.34. The lowest BCUT2D eigenvalue weighted by atomic mass is 10.1. The molecule has 1 unspecified atom stereocenters. The number of methoxy groups -OCH3 is 1. The average Bonchev–Trinajstić information content (AvgIpc) is 3.08. The van der Waals surface area contributed by atoms with Crippen molar-refractivity contribution in [3.05, 3.63) is 41.2 Å². The van der Waals surface area contributed by atoms with Crippen molar-refractivity contribution in [2.45, 2.75) is 25.7 Å². The summed E-state index contributed by atoms with van der Waals surface area (Å²) in [7, 11) is 1.57. The van der Waals surface area contributed by atoms with Crippen LogP contribution in [0.1, 0.15) is 23.0 Å². The molecule has 1 aliphatic heterocycles. The second kappa shape index (κ2) is 8.69. The zero-order chi connectivity index (χ0) is 21.9. The number of hydrogen-bond donors (Lipinski definition) is 1. The number of carbonyl (C=O) groups is 2. The predicted octanol–water partition coefficient (Wildman–Crippen LogP) is 1.82. The van der Waals surface area contributed by atoms with Gasteiger partial charge in [-0.15, -0.1) is 5.10 Å². The van der Waals surface area contributed by atoms with Crippen molar-refractivity contribution in [1.29, 1.82) is 0 Å². The molecule has 1 aromatic heterocycles. The van der Waals surface area contributed by atoms with Gasteiger partial charge in [0.25, 0.3) is 0 Å². The van der Waals surface area contributed by atoms with Gasteiger partial charge in [0.1, 0.15) is 11.4 Å². The molecule has 1 amide bonds. The van der Waals surface area contributed by atoms with Gasteiger partial charge in [-0.2, -0.15) is 13.2 Å². The van der Waals surface area contributed by atoms with Gasteiger partial charge in [-0.3, -0.25) is 4.90 Å². The molecule has 30 heavy (non-hydrogen) atoms. The summed E-state index contributed by atoms with van der Waals surface area (Å²) in [5, 5.41) is 11.3. The van der Waals surface area contributed by atoms with Gasteiger partial charge >= 0.3 is 18.2 Å². The summed E-state index contributed by atoms with van der Waals surface area (Å²) in [5.74, 6) is -1.84.